The second kappa shape index (κ2) is 6.12. The van der Waals surface area contributed by atoms with E-state index in [0.29, 0.717) is 11.1 Å². The minimum Gasteiger partial charge on any atom is -0.351 e. The van der Waals surface area contributed by atoms with Crippen LogP contribution in [0.4, 0.5) is 13.2 Å². The Morgan fingerprint density at radius 3 is 2.73 bits per heavy atom. The molecule has 2 rings (SSSR count). The Balaban J connectivity index is 2.51. The Morgan fingerprint density at radius 2 is 2.14 bits per heavy atom. The highest BCUT2D eigenvalue weighted by molar-refractivity contribution is 6.36. The minimum absolute atomic E-state index is 0.138. The van der Waals surface area contributed by atoms with Crippen LogP contribution in [0.2, 0.25) is 5.02 Å². The topological polar surface area (TPSA) is 59.3 Å². The average Bonchev–Trinajstić information content (AvgIpc) is 2.75. The lowest BCUT2D eigenvalue weighted by Gasteiger charge is -2.09. The number of fused-ring (bicyclic) bond motifs is 1. The summed E-state index contributed by atoms with van der Waals surface area (Å²) in [6.07, 6.45) is -3.00. The van der Waals surface area contributed by atoms with E-state index in [-0.39, 0.29) is 22.1 Å². The smallest absolute Gasteiger partial charge is 0.351 e. The molecule has 2 aromatic rings. The predicted octanol–water partition coefficient (Wildman–Crippen LogP) is 3.24. The van der Waals surface area contributed by atoms with Crippen molar-refractivity contribution >= 4 is 23.2 Å². The third-order valence-corrected chi connectivity index (χ3v) is 3.33. The molecule has 1 amide bonds. The average molecular weight is 335 g/mol. The second-order valence-electron chi connectivity index (χ2n) is 4.79. The van der Waals surface area contributed by atoms with Gasteiger partial charge < -0.3 is 5.32 Å². The molecule has 0 aromatic carbocycles. The first kappa shape index (κ1) is 16.5. The highest BCUT2D eigenvalue weighted by Crippen LogP contribution is 2.32. The molecule has 1 N–H and O–H groups in total. The molecule has 2 aromatic heterocycles. The van der Waals surface area contributed by atoms with Crippen LogP contribution in [-0.4, -0.2) is 27.0 Å². The lowest BCUT2D eigenvalue weighted by atomic mass is 10.3. The van der Waals surface area contributed by atoms with E-state index in [1.807, 2.05) is 6.92 Å². The Bertz CT molecular complexity index is 711. The summed E-state index contributed by atoms with van der Waals surface area (Å²) in [4.78, 5) is 15.9. The van der Waals surface area contributed by atoms with Gasteiger partial charge in [0, 0.05) is 12.2 Å². The van der Waals surface area contributed by atoms with Crippen molar-refractivity contribution in [3.05, 3.63) is 28.2 Å². The molecule has 0 bridgehead atoms. The fourth-order valence-electron chi connectivity index (χ4n) is 1.92. The fraction of sp³-hybridized carbons (Fsp3) is 0.462. The van der Waals surface area contributed by atoms with E-state index in [1.165, 1.54) is 6.92 Å². The third kappa shape index (κ3) is 3.16. The van der Waals surface area contributed by atoms with Crippen LogP contribution in [0.5, 0.6) is 0 Å². The van der Waals surface area contributed by atoms with Crippen molar-refractivity contribution in [3.63, 3.8) is 0 Å². The summed E-state index contributed by atoms with van der Waals surface area (Å²) in [7, 11) is 0. The summed E-state index contributed by atoms with van der Waals surface area (Å²) in [5.41, 5.74) is -1.33. The minimum atomic E-state index is -4.63. The summed E-state index contributed by atoms with van der Waals surface area (Å²) in [6, 6.07) is 0.856. The third-order valence-electron chi connectivity index (χ3n) is 2.98. The van der Waals surface area contributed by atoms with Crippen LogP contribution >= 0.6 is 11.6 Å². The number of carbonyl (C=O) groups is 1. The van der Waals surface area contributed by atoms with Crippen molar-refractivity contribution in [1.82, 2.24) is 19.9 Å². The number of hydrogen-bond acceptors (Lipinski definition) is 3. The van der Waals surface area contributed by atoms with Gasteiger partial charge in [-0.15, -0.1) is 0 Å². The molecule has 0 unspecified atom stereocenters. The zero-order chi connectivity index (χ0) is 16.5. The van der Waals surface area contributed by atoms with Crippen molar-refractivity contribution in [3.8, 4) is 0 Å². The van der Waals surface area contributed by atoms with E-state index in [0.717, 1.165) is 18.9 Å². The number of hydrogen-bond donors (Lipinski definition) is 1. The summed E-state index contributed by atoms with van der Waals surface area (Å²) in [5.74, 6) is -0.616. The first-order chi connectivity index (χ1) is 10.3. The summed E-state index contributed by atoms with van der Waals surface area (Å²) >= 11 is 5.98. The number of nitrogens with zero attached hydrogens (tertiary/aromatic N) is 3. The number of rotatable bonds is 4. The molecule has 0 saturated carbocycles. The van der Waals surface area contributed by atoms with Crippen molar-refractivity contribution < 1.29 is 18.0 Å². The summed E-state index contributed by atoms with van der Waals surface area (Å²) in [5, 5.41) is 6.06. The fourth-order valence-corrected chi connectivity index (χ4v) is 2.17. The van der Waals surface area contributed by atoms with E-state index in [9.17, 15) is 18.0 Å². The second-order valence-corrected chi connectivity index (χ2v) is 5.17. The summed E-state index contributed by atoms with van der Waals surface area (Å²) in [6.45, 7) is 3.77. The maximum atomic E-state index is 13.1. The lowest BCUT2D eigenvalue weighted by Crippen LogP contribution is -2.25. The van der Waals surface area contributed by atoms with E-state index >= 15 is 0 Å². The highest BCUT2D eigenvalue weighted by Gasteiger charge is 2.36. The number of alkyl halides is 3. The van der Waals surface area contributed by atoms with Crippen molar-refractivity contribution in [2.45, 2.75) is 32.9 Å². The van der Waals surface area contributed by atoms with Gasteiger partial charge in [-0.3, -0.25) is 4.79 Å². The van der Waals surface area contributed by atoms with E-state index in [2.05, 4.69) is 15.4 Å². The molecule has 0 atom stereocenters. The van der Waals surface area contributed by atoms with Crippen LogP contribution in [0.3, 0.4) is 0 Å². The van der Waals surface area contributed by atoms with Gasteiger partial charge in [0.05, 0.1) is 0 Å². The molecule has 0 spiro atoms. The van der Waals surface area contributed by atoms with Gasteiger partial charge >= 0.3 is 6.18 Å². The van der Waals surface area contributed by atoms with E-state index in [1.54, 1.807) is 0 Å². The quantitative estimate of drug-likeness (QED) is 0.873. The number of carbonyl (C=O) groups excluding carboxylic acids is 1. The van der Waals surface area contributed by atoms with E-state index in [4.69, 9.17) is 11.6 Å². The Kier molecular flexibility index (Phi) is 4.60. The molecule has 0 aliphatic heterocycles. The van der Waals surface area contributed by atoms with Crippen LogP contribution in [-0.2, 0) is 6.18 Å². The van der Waals surface area contributed by atoms with Crippen LogP contribution in [0.1, 0.15) is 41.6 Å². The highest BCUT2D eigenvalue weighted by atomic mass is 35.5. The largest absolute Gasteiger partial charge is 0.433 e. The van der Waals surface area contributed by atoms with Crippen LogP contribution < -0.4 is 5.32 Å². The van der Waals surface area contributed by atoms with Gasteiger partial charge in [-0.05, 0) is 19.4 Å². The molecule has 0 aliphatic rings. The molecule has 0 saturated heterocycles. The number of unbranched alkanes of at least 4 members (excludes halogenated alkanes) is 1. The normalized spacial score (nSPS) is 11.9. The van der Waals surface area contributed by atoms with Gasteiger partial charge in [-0.2, -0.15) is 18.3 Å². The molecule has 2 heterocycles. The number of nitrogens with one attached hydrogen (secondary N) is 1. The molecular weight excluding hydrogens is 321 g/mol. The van der Waals surface area contributed by atoms with Gasteiger partial charge in [-0.1, -0.05) is 24.9 Å². The Hall–Kier alpha value is -1.83. The molecule has 0 aliphatic carbocycles. The lowest BCUT2D eigenvalue weighted by molar-refractivity contribution is -0.142. The monoisotopic (exact) mass is 334 g/mol. The maximum absolute atomic E-state index is 13.1. The van der Waals surface area contributed by atoms with Crippen LogP contribution in [0.25, 0.3) is 5.65 Å². The molecule has 0 fully saturated rings. The molecule has 5 nitrogen and oxygen atoms in total. The predicted molar refractivity (Wildman–Crippen MR) is 75.0 cm³/mol. The molecule has 120 valence electrons. The van der Waals surface area contributed by atoms with Crippen LogP contribution in [0, 0.1) is 6.92 Å². The van der Waals surface area contributed by atoms with Crippen molar-refractivity contribution in [2.24, 2.45) is 0 Å². The zero-order valence-corrected chi connectivity index (χ0v) is 12.7. The molecule has 0 radical (unpaired) electrons. The maximum Gasteiger partial charge on any atom is 0.433 e. The van der Waals surface area contributed by atoms with Gasteiger partial charge in [0.1, 0.15) is 10.7 Å². The number of aromatic nitrogens is 3. The Morgan fingerprint density at radius 1 is 1.45 bits per heavy atom. The van der Waals surface area contributed by atoms with Gasteiger partial charge in [0.2, 0.25) is 0 Å². The Labute approximate surface area is 129 Å². The van der Waals surface area contributed by atoms with Crippen molar-refractivity contribution in [2.75, 3.05) is 6.54 Å². The summed E-state index contributed by atoms with van der Waals surface area (Å²) < 4.78 is 39.7. The SMILES string of the molecule is CCCCNC(=O)c1nn2c(C(F)(F)F)cc(C)nc2c1Cl. The number of halogens is 4. The standard InChI is InChI=1S/C13H14ClF3N4O/c1-3-4-5-18-12(22)10-9(14)11-19-7(2)6-8(13(15,16)17)21(11)20-10/h6H,3-5H2,1-2H3,(H,18,22). The first-order valence-electron chi connectivity index (χ1n) is 6.67. The molecule has 22 heavy (non-hydrogen) atoms. The number of amides is 1. The van der Waals surface area contributed by atoms with Gasteiger partial charge in [0.15, 0.2) is 11.3 Å². The molecule has 9 heteroatoms. The first-order valence-corrected chi connectivity index (χ1v) is 7.04. The van der Waals surface area contributed by atoms with Gasteiger partial charge in [0.25, 0.3) is 5.91 Å². The van der Waals surface area contributed by atoms with Gasteiger partial charge in [-0.25, -0.2) is 9.50 Å². The molecular formula is C13H14ClF3N4O. The number of aryl methyl sites for hydroxylation is 1. The zero-order valence-electron chi connectivity index (χ0n) is 12.0. The van der Waals surface area contributed by atoms with E-state index < -0.39 is 17.8 Å². The van der Waals surface area contributed by atoms with Crippen LogP contribution in [0.15, 0.2) is 6.07 Å². The van der Waals surface area contributed by atoms with Crippen molar-refractivity contribution in [1.29, 1.82) is 0 Å².